The molecule has 6 rings (SSSR count). The van der Waals surface area contributed by atoms with E-state index in [0.29, 0.717) is 0 Å². The molecule has 6 aromatic rings. The second-order valence-electron chi connectivity index (χ2n) is 8.39. The van der Waals surface area contributed by atoms with Crippen LogP contribution in [0.5, 0.6) is 0 Å². The molecule has 0 aliphatic carbocycles. The lowest BCUT2D eigenvalue weighted by Crippen LogP contribution is -2.09. The first kappa shape index (κ1) is 22.0. The van der Waals surface area contributed by atoms with Crippen LogP contribution in [0.15, 0.2) is 126 Å². The van der Waals surface area contributed by atoms with Crippen LogP contribution in [-0.2, 0) is 0 Å². The van der Waals surface area contributed by atoms with E-state index in [1.165, 1.54) is 0 Å². The zero-order valence-electron chi connectivity index (χ0n) is 19.3. The summed E-state index contributed by atoms with van der Waals surface area (Å²) in [4.78, 5) is 11.5. The van der Waals surface area contributed by atoms with Gasteiger partial charge in [-0.1, -0.05) is 60.4 Å². The number of fused-ring (bicyclic) bond motifs is 3. The molecule has 4 aromatic carbocycles. The summed E-state index contributed by atoms with van der Waals surface area (Å²) >= 11 is 3.48. The Morgan fingerprint density at radius 1 is 0.528 bits per heavy atom. The molecule has 0 aliphatic heterocycles. The molecule has 0 saturated carbocycles. The van der Waals surface area contributed by atoms with Crippen molar-refractivity contribution >= 4 is 54.8 Å². The Labute approximate surface area is 218 Å². The lowest BCUT2D eigenvalue weighted by Gasteiger charge is -2.25. The van der Waals surface area contributed by atoms with Crippen LogP contribution < -0.4 is 4.90 Å². The molecule has 0 atom stereocenters. The summed E-state index contributed by atoms with van der Waals surface area (Å²) in [6.07, 6.45) is 3.62. The minimum atomic E-state index is 0.873. The predicted octanol–water partition coefficient (Wildman–Crippen LogP) is 8.42. The summed E-state index contributed by atoms with van der Waals surface area (Å²) in [6.45, 7) is 0. The number of halogens is 1. The standard InChI is InChI=1S/C32H20BrN3/c33-27-20-26-16-15-25-19-24(21-34-31(25)32(26)35-22-27)12-11-23-13-17-30(18-14-23)36(28-7-3-1-4-8-28)29-9-5-2-6-10-29/h1-10,13-22H. The van der Waals surface area contributed by atoms with Crippen LogP contribution in [-0.4, -0.2) is 9.97 Å². The van der Waals surface area contributed by atoms with Gasteiger partial charge < -0.3 is 4.90 Å². The Balaban J connectivity index is 1.30. The van der Waals surface area contributed by atoms with Gasteiger partial charge in [-0.2, -0.15) is 0 Å². The molecule has 2 heterocycles. The highest BCUT2D eigenvalue weighted by atomic mass is 79.9. The Kier molecular flexibility index (Phi) is 5.91. The molecule has 0 saturated heterocycles. The van der Waals surface area contributed by atoms with Crippen molar-refractivity contribution in [1.82, 2.24) is 9.97 Å². The third kappa shape index (κ3) is 4.45. The van der Waals surface area contributed by atoms with Gasteiger partial charge in [-0.3, -0.25) is 9.97 Å². The van der Waals surface area contributed by atoms with Gasteiger partial charge in [0.1, 0.15) is 0 Å². The van der Waals surface area contributed by atoms with Crippen molar-refractivity contribution < 1.29 is 0 Å². The van der Waals surface area contributed by atoms with Crippen LogP contribution in [0.4, 0.5) is 17.1 Å². The first-order valence-corrected chi connectivity index (χ1v) is 12.4. The molecular formula is C32H20BrN3. The van der Waals surface area contributed by atoms with E-state index in [0.717, 1.165) is 54.5 Å². The van der Waals surface area contributed by atoms with Gasteiger partial charge in [0.15, 0.2) is 0 Å². The molecule has 2 aromatic heterocycles. The highest BCUT2D eigenvalue weighted by Crippen LogP contribution is 2.34. The average molecular weight is 526 g/mol. The number of rotatable bonds is 3. The number of nitrogens with zero attached hydrogens (tertiary/aromatic N) is 3. The minimum Gasteiger partial charge on any atom is -0.311 e. The van der Waals surface area contributed by atoms with Gasteiger partial charge in [0, 0.05) is 55.8 Å². The number of benzene rings is 4. The highest BCUT2D eigenvalue weighted by molar-refractivity contribution is 9.10. The zero-order chi connectivity index (χ0) is 24.3. The van der Waals surface area contributed by atoms with E-state index >= 15 is 0 Å². The van der Waals surface area contributed by atoms with E-state index in [2.05, 4.69) is 140 Å². The number of para-hydroxylation sites is 2. The number of aromatic nitrogens is 2. The maximum atomic E-state index is 4.67. The third-order valence-corrected chi connectivity index (χ3v) is 6.41. The summed E-state index contributed by atoms with van der Waals surface area (Å²) in [7, 11) is 0. The van der Waals surface area contributed by atoms with Gasteiger partial charge in [0.25, 0.3) is 0 Å². The van der Waals surface area contributed by atoms with E-state index in [-0.39, 0.29) is 0 Å². The fraction of sp³-hybridized carbons (Fsp3) is 0. The van der Waals surface area contributed by atoms with Crippen molar-refractivity contribution in [3.05, 3.63) is 137 Å². The van der Waals surface area contributed by atoms with Crippen molar-refractivity contribution in [2.45, 2.75) is 0 Å². The maximum absolute atomic E-state index is 4.67. The van der Waals surface area contributed by atoms with E-state index in [1.807, 2.05) is 18.3 Å². The normalized spacial score (nSPS) is 10.7. The Bertz CT molecular complexity index is 1700. The molecule has 0 amide bonds. The average Bonchev–Trinajstić information content (AvgIpc) is 2.93. The van der Waals surface area contributed by atoms with E-state index in [1.54, 1.807) is 6.20 Å². The van der Waals surface area contributed by atoms with E-state index < -0.39 is 0 Å². The van der Waals surface area contributed by atoms with Crippen LogP contribution in [0.2, 0.25) is 0 Å². The fourth-order valence-electron chi connectivity index (χ4n) is 4.27. The SMILES string of the molecule is Brc1cnc2c(ccc3cc(C#Cc4ccc(N(c5ccccc5)c5ccccc5)cc4)cnc32)c1. The summed E-state index contributed by atoms with van der Waals surface area (Å²) in [6, 6.07) is 37.4. The molecule has 0 spiro atoms. The van der Waals surface area contributed by atoms with Crippen LogP contribution in [0.25, 0.3) is 21.8 Å². The lowest BCUT2D eigenvalue weighted by molar-refractivity contribution is 1.28. The van der Waals surface area contributed by atoms with Crippen molar-refractivity contribution in [1.29, 1.82) is 0 Å². The second-order valence-corrected chi connectivity index (χ2v) is 9.31. The highest BCUT2D eigenvalue weighted by Gasteiger charge is 2.11. The number of anilines is 3. The largest absolute Gasteiger partial charge is 0.311 e. The fourth-order valence-corrected chi connectivity index (χ4v) is 4.62. The van der Waals surface area contributed by atoms with Crippen molar-refractivity contribution in [2.75, 3.05) is 4.90 Å². The first-order chi connectivity index (χ1) is 17.7. The number of hydrogen-bond donors (Lipinski definition) is 0. The molecule has 0 aliphatic rings. The summed E-state index contributed by atoms with van der Waals surface area (Å²) < 4.78 is 0.957. The molecule has 170 valence electrons. The zero-order valence-corrected chi connectivity index (χ0v) is 20.9. The van der Waals surface area contributed by atoms with Crippen LogP contribution in [0, 0.1) is 11.8 Å². The predicted molar refractivity (Wildman–Crippen MR) is 152 cm³/mol. The second kappa shape index (κ2) is 9.65. The third-order valence-electron chi connectivity index (χ3n) is 5.97. The topological polar surface area (TPSA) is 29.0 Å². The molecular weight excluding hydrogens is 506 g/mol. The van der Waals surface area contributed by atoms with Gasteiger partial charge in [0.2, 0.25) is 0 Å². The lowest BCUT2D eigenvalue weighted by atomic mass is 10.1. The van der Waals surface area contributed by atoms with Crippen LogP contribution in [0.1, 0.15) is 11.1 Å². The van der Waals surface area contributed by atoms with Gasteiger partial charge >= 0.3 is 0 Å². The van der Waals surface area contributed by atoms with E-state index in [4.69, 9.17) is 0 Å². The Morgan fingerprint density at radius 3 is 1.69 bits per heavy atom. The molecule has 36 heavy (non-hydrogen) atoms. The van der Waals surface area contributed by atoms with Crippen LogP contribution in [0.3, 0.4) is 0 Å². The Hall–Kier alpha value is -4.46. The summed E-state index contributed by atoms with van der Waals surface area (Å²) in [5.41, 5.74) is 6.90. The molecule has 0 N–H and O–H groups in total. The summed E-state index contributed by atoms with van der Waals surface area (Å²) in [5.74, 6) is 6.55. The van der Waals surface area contributed by atoms with Crippen molar-refractivity contribution in [2.24, 2.45) is 0 Å². The monoisotopic (exact) mass is 525 g/mol. The molecule has 3 nitrogen and oxygen atoms in total. The Morgan fingerprint density at radius 2 is 1.06 bits per heavy atom. The number of pyridine rings is 2. The molecule has 4 heteroatoms. The minimum absolute atomic E-state index is 0.873. The van der Waals surface area contributed by atoms with Crippen molar-refractivity contribution in [3.8, 4) is 11.8 Å². The van der Waals surface area contributed by atoms with Crippen LogP contribution >= 0.6 is 15.9 Å². The molecule has 0 bridgehead atoms. The maximum Gasteiger partial charge on any atom is 0.0965 e. The quantitative estimate of drug-likeness (QED) is 0.171. The van der Waals surface area contributed by atoms with Gasteiger partial charge in [-0.25, -0.2) is 0 Å². The summed E-state index contributed by atoms with van der Waals surface area (Å²) in [5, 5.41) is 2.09. The van der Waals surface area contributed by atoms with Gasteiger partial charge in [-0.15, -0.1) is 0 Å². The molecule has 0 radical (unpaired) electrons. The smallest absolute Gasteiger partial charge is 0.0965 e. The first-order valence-electron chi connectivity index (χ1n) is 11.6. The van der Waals surface area contributed by atoms with Crippen molar-refractivity contribution in [3.63, 3.8) is 0 Å². The van der Waals surface area contributed by atoms with E-state index in [9.17, 15) is 0 Å². The number of hydrogen-bond acceptors (Lipinski definition) is 3. The van der Waals surface area contributed by atoms with Gasteiger partial charge in [0.05, 0.1) is 11.0 Å². The molecule has 0 fully saturated rings. The molecule has 0 unspecified atom stereocenters. The van der Waals surface area contributed by atoms with Gasteiger partial charge in [-0.05, 0) is 76.6 Å².